The normalized spacial score (nSPS) is 13.9. The lowest BCUT2D eigenvalue weighted by Gasteiger charge is -2.27. The number of carbonyl (C=O) groups is 1. The molecule has 1 amide bonds. The number of carbonyl (C=O) groups excluding carboxylic acids is 1. The van der Waals surface area contributed by atoms with Crippen LogP contribution in [-0.2, 0) is 4.79 Å². The standard InChI is InChI=1S/C62H119NO5/c1-3-5-7-9-11-13-15-17-19-21-23-25-27-29-30-32-33-35-37-39-41-43-45-47-49-51-53-55-59(65)61(67)58(57-64)63-62(68)60(66)56-54-52-50-48-46-44-42-40-38-36-34-31-28-26-24-22-20-18-16-14-12-10-8-6-4-2/h32-33,39,41,47,49,58-61,64-67H,3-31,34-38,40,42-46,48,50-57H2,1-2H3,(H,63,68)/b33-32+,41-39+,49-47+. The lowest BCUT2D eigenvalue weighted by Crippen LogP contribution is -2.53. The van der Waals surface area contributed by atoms with Gasteiger partial charge in [0.2, 0.25) is 5.91 Å². The summed E-state index contributed by atoms with van der Waals surface area (Å²) in [5.41, 5.74) is 0. The number of allylic oxidation sites excluding steroid dienone is 6. The van der Waals surface area contributed by atoms with Crippen LogP contribution in [0, 0.1) is 0 Å². The van der Waals surface area contributed by atoms with E-state index in [1.807, 2.05) is 0 Å². The summed E-state index contributed by atoms with van der Waals surface area (Å²) in [7, 11) is 0. The van der Waals surface area contributed by atoms with Gasteiger partial charge < -0.3 is 25.7 Å². The molecule has 0 heterocycles. The molecule has 0 aromatic heterocycles. The fraction of sp³-hybridized carbons (Fsp3) is 0.887. The minimum absolute atomic E-state index is 0.362. The van der Waals surface area contributed by atoms with Crippen molar-refractivity contribution in [1.82, 2.24) is 5.32 Å². The maximum Gasteiger partial charge on any atom is 0.249 e. The zero-order valence-electron chi connectivity index (χ0n) is 45.6. The van der Waals surface area contributed by atoms with E-state index < -0.39 is 36.9 Å². The Morgan fingerprint density at radius 1 is 0.353 bits per heavy atom. The topological polar surface area (TPSA) is 110 Å². The second-order valence-corrected chi connectivity index (χ2v) is 21.0. The minimum atomic E-state index is -1.29. The zero-order chi connectivity index (χ0) is 49.5. The van der Waals surface area contributed by atoms with Gasteiger partial charge in [-0.3, -0.25) is 4.79 Å². The van der Waals surface area contributed by atoms with Crippen LogP contribution < -0.4 is 5.32 Å². The number of nitrogens with one attached hydrogen (secondary N) is 1. The minimum Gasteiger partial charge on any atom is -0.394 e. The van der Waals surface area contributed by atoms with Gasteiger partial charge in [-0.2, -0.15) is 0 Å². The van der Waals surface area contributed by atoms with Gasteiger partial charge in [-0.05, 0) is 64.2 Å². The van der Waals surface area contributed by atoms with E-state index in [1.165, 1.54) is 238 Å². The number of amides is 1. The number of rotatable bonds is 56. The van der Waals surface area contributed by atoms with Gasteiger partial charge in [0.1, 0.15) is 12.2 Å². The summed E-state index contributed by atoms with van der Waals surface area (Å²) in [6.07, 6.45) is 70.9. The largest absolute Gasteiger partial charge is 0.394 e. The van der Waals surface area contributed by atoms with Crippen LogP contribution in [0.2, 0.25) is 0 Å². The summed E-state index contributed by atoms with van der Waals surface area (Å²) in [4.78, 5) is 12.6. The van der Waals surface area contributed by atoms with Crippen LogP contribution in [-0.4, -0.2) is 57.3 Å². The fourth-order valence-corrected chi connectivity index (χ4v) is 9.56. The van der Waals surface area contributed by atoms with Crippen LogP contribution in [0.25, 0.3) is 0 Å². The van der Waals surface area contributed by atoms with Crippen molar-refractivity contribution in [3.8, 4) is 0 Å². The maximum atomic E-state index is 12.6. The molecule has 0 aliphatic heterocycles. The molecule has 4 unspecified atom stereocenters. The molecule has 0 aromatic rings. The van der Waals surface area contributed by atoms with Crippen LogP contribution in [0.4, 0.5) is 0 Å². The highest BCUT2D eigenvalue weighted by Gasteiger charge is 2.28. The highest BCUT2D eigenvalue weighted by molar-refractivity contribution is 5.80. The van der Waals surface area contributed by atoms with E-state index >= 15 is 0 Å². The van der Waals surface area contributed by atoms with Gasteiger partial charge in [0, 0.05) is 0 Å². The van der Waals surface area contributed by atoms with E-state index in [0.717, 1.165) is 51.4 Å². The smallest absolute Gasteiger partial charge is 0.249 e. The average molecular weight is 959 g/mol. The summed E-state index contributed by atoms with van der Waals surface area (Å²) in [6, 6.07) is -1.01. The van der Waals surface area contributed by atoms with Gasteiger partial charge >= 0.3 is 0 Å². The quantitative estimate of drug-likeness (QED) is 0.0308. The van der Waals surface area contributed by atoms with E-state index in [4.69, 9.17) is 0 Å². The van der Waals surface area contributed by atoms with Gasteiger partial charge in [0.25, 0.3) is 0 Å². The van der Waals surface area contributed by atoms with Crippen molar-refractivity contribution >= 4 is 5.91 Å². The molecule has 0 aliphatic carbocycles. The summed E-state index contributed by atoms with van der Waals surface area (Å²) in [5, 5.41) is 44.0. The second-order valence-electron chi connectivity index (χ2n) is 21.0. The molecule has 4 atom stereocenters. The van der Waals surface area contributed by atoms with Crippen LogP contribution in [0.1, 0.15) is 322 Å². The third-order valence-electron chi connectivity index (χ3n) is 14.3. The Morgan fingerprint density at radius 3 is 0.926 bits per heavy atom. The van der Waals surface area contributed by atoms with E-state index in [9.17, 15) is 25.2 Å². The third kappa shape index (κ3) is 49.5. The van der Waals surface area contributed by atoms with E-state index in [-0.39, 0.29) is 0 Å². The molecule has 68 heavy (non-hydrogen) atoms. The number of aliphatic hydroxyl groups excluding tert-OH is 4. The Bertz CT molecular complexity index is 1080. The van der Waals surface area contributed by atoms with E-state index in [1.54, 1.807) is 0 Å². The fourth-order valence-electron chi connectivity index (χ4n) is 9.56. The third-order valence-corrected chi connectivity index (χ3v) is 14.3. The van der Waals surface area contributed by atoms with E-state index in [0.29, 0.717) is 19.3 Å². The first kappa shape index (κ1) is 66.5. The lowest BCUT2D eigenvalue weighted by molar-refractivity contribution is -0.132. The lowest BCUT2D eigenvalue weighted by atomic mass is 10.00. The highest BCUT2D eigenvalue weighted by Crippen LogP contribution is 2.18. The van der Waals surface area contributed by atoms with Crippen molar-refractivity contribution in [2.24, 2.45) is 0 Å². The Hall–Kier alpha value is -1.47. The van der Waals surface area contributed by atoms with Crippen molar-refractivity contribution in [3.05, 3.63) is 36.5 Å². The molecule has 0 spiro atoms. The summed E-state index contributed by atoms with van der Waals surface area (Å²) < 4.78 is 0. The van der Waals surface area contributed by atoms with Gasteiger partial charge in [-0.1, -0.05) is 294 Å². The van der Waals surface area contributed by atoms with Gasteiger partial charge in [-0.15, -0.1) is 0 Å². The molecule has 6 nitrogen and oxygen atoms in total. The molecular formula is C62H119NO5. The number of unbranched alkanes of at least 4 members (excludes halogenated alkanes) is 41. The highest BCUT2D eigenvalue weighted by atomic mass is 16.3. The van der Waals surface area contributed by atoms with Crippen molar-refractivity contribution < 1.29 is 25.2 Å². The first-order valence-electron chi connectivity index (χ1n) is 30.4. The van der Waals surface area contributed by atoms with Gasteiger partial charge in [-0.25, -0.2) is 0 Å². The van der Waals surface area contributed by atoms with Crippen molar-refractivity contribution in [2.75, 3.05) is 6.61 Å². The van der Waals surface area contributed by atoms with Gasteiger partial charge in [0.05, 0.1) is 18.8 Å². The molecule has 0 radical (unpaired) electrons. The monoisotopic (exact) mass is 958 g/mol. The second kappa shape index (κ2) is 56.4. The molecule has 5 N–H and O–H groups in total. The van der Waals surface area contributed by atoms with Crippen LogP contribution in [0.15, 0.2) is 36.5 Å². The van der Waals surface area contributed by atoms with Gasteiger partial charge in [0.15, 0.2) is 0 Å². The molecule has 0 bridgehead atoms. The van der Waals surface area contributed by atoms with Crippen molar-refractivity contribution in [1.29, 1.82) is 0 Å². The van der Waals surface area contributed by atoms with Crippen molar-refractivity contribution in [2.45, 2.75) is 346 Å². The summed E-state index contributed by atoms with van der Waals surface area (Å²) in [5.74, 6) is -0.594. The predicted octanol–water partition coefficient (Wildman–Crippen LogP) is 18.0. The molecule has 0 aliphatic rings. The van der Waals surface area contributed by atoms with E-state index in [2.05, 4.69) is 55.6 Å². The Morgan fingerprint density at radius 2 is 0.618 bits per heavy atom. The SMILES string of the molecule is CCCCCCCCCCCCCCCC/C=C/CC/C=C/CC/C=C/CCCC(O)C(O)C(CO)NC(=O)C(O)CCCCCCCCCCCCCCCCCCCCCCCCCCC. The number of hydrogen-bond acceptors (Lipinski definition) is 5. The number of aliphatic hydroxyl groups is 4. The Balaban J connectivity index is 3.66. The average Bonchev–Trinajstić information content (AvgIpc) is 3.34. The Kier molecular flexibility index (Phi) is 55.2. The zero-order valence-corrected chi connectivity index (χ0v) is 45.6. The molecule has 0 saturated heterocycles. The molecule has 6 heteroatoms. The molecule has 0 fully saturated rings. The summed E-state index contributed by atoms with van der Waals surface area (Å²) in [6.45, 7) is 4.08. The molecular weight excluding hydrogens is 839 g/mol. The molecule has 0 aromatic carbocycles. The van der Waals surface area contributed by atoms with Crippen molar-refractivity contribution in [3.63, 3.8) is 0 Å². The molecule has 402 valence electrons. The van der Waals surface area contributed by atoms with Crippen LogP contribution >= 0.6 is 0 Å². The maximum absolute atomic E-state index is 12.6. The molecule has 0 saturated carbocycles. The first-order chi connectivity index (χ1) is 33.5. The summed E-state index contributed by atoms with van der Waals surface area (Å²) >= 11 is 0. The Labute approximate surface area is 424 Å². The first-order valence-corrected chi connectivity index (χ1v) is 30.4. The molecule has 0 rings (SSSR count). The predicted molar refractivity (Wildman–Crippen MR) is 297 cm³/mol. The van der Waals surface area contributed by atoms with Crippen LogP contribution in [0.5, 0.6) is 0 Å². The number of hydrogen-bond donors (Lipinski definition) is 5. The van der Waals surface area contributed by atoms with Crippen LogP contribution in [0.3, 0.4) is 0 Å².